The molecule has 0 aliphatic carbocycles. The Morgan fingerprint density at radius 2 is 2.00 bits per heavy atom. The van der Waals surface area contributed by atoms with Gasteiger partial charge in [-0.15, -0.1) is 0 Å². The summed E-state index contributed by atoms with van der Waals surface area (Å²) in [5.41, 5.74) is -0.493. The molecule has 1 atom stereocenters. The number of hydrogen-bond donors (Lipinski definition) is 2. The van der Waals surface area contributed by atoms with E-state index < -0.39 is 5.60 Å². The van der Waals surface area contributed by atoms with Gasteiger partial charge in [0, 0.05) is 6.04 Å². The van der Waals surface area contributed by atoms with Crippen molar-refractivity contribution < 1.29 is 5.11 Å². The molecule has 68 valence electrons. The molecule has 0 aromatic heterocycles. The van der Waals surface area contributed by atoms with Crippen molar-refractivity contribution in [1.29, 1.82) is 0 Å². The predicted octanol–water partition coefficient (Wildman–Crippen LogP) is 1.54. The molecule has 0 spiro atoms. The maximum atomic E-state index is 9.38. The molecule has 1 unspecified atom stereocenters. The van der Waals surface area contributed by atoms with Crippen molar-refractivity contribution in [1.82, 2.24) is 5.32 Å². The molecule has 0 saturated carbocycles. The topological polar surface area (TPSA) is 32.3 Å². The lowest BCUT2D eigenvalue weighted by Gasteiger charge is -2.18. The SMILES string of the molecule is CNC(C)CCCC(C)(C)O. The lowest BCUT2D eigenvalue weighted by atomic mass is 10.00. The van der Waals surface area contributed by atoms with E-state index in [1.807, 2.05) is 20.9 Å². The Hall–Kier alpha value is -0.0800. The smallest absolute Gasteiger partial charge is 0.0591 e. The van der Waals surface area contributed by atoms with Gasteiger partial charge in [0.05, 0.1) is 5.60 Å². The maximum absolute atomic E-state index is 9.38. The van der Waals surface area contributed by atoms with E-state index in [1.165, 1.54) is 0 Å². The average Bonchev–Trinajstić information content (AvgIpc) is 1.85. The summed E-state index contributed by atoms with van der Waals surface area (Å²) in [4.78, 5) is 0. The van der Waals surface area contributed by atoms with Crippen LogP contribution < -0.4 is 5.32 Å². The molecule has 0 aromatic rings. The van der Waals surface area contributed by atoms with E-state index >= 15 is 0 Å². The number of nitrogens with one attached hydrogen (secondary N) is 1. The van der Waals surface area contributed by atoms with Gasteiger partial charge in [-0.3, -0.25) is 0 Å². The highest BCUT2D eigenvalue weighted by Gasteiger charge is 2.11. The zero-order chi connectivity index (χ0) is 8.91. The fourth-order valence-corrected chi connectivity index (χ4v) is 0.985. The quantitative estimate of drug-likeness (QED) is 0.637. The Morgan fingerprint density at radius 3 is 2.36 bits per heavy atom. The van der Waals surface area contributed by atoms with Crippen LogP contribution in [0.15, 0.2) is 0 Å². The van der Waals surface area contributed by atoms with Crippen LogP contribution in [-0.2, 0) is 0 Å². The number of hydrogen-bond acceptors (Lipinski definition) is 2. The van der Waals surface area contributed by atoms with Gasteiger partial charge in [-0.25, -0.2) is 0 Å². The number of aliphatic hydroxyl groups is 1. The summed E-state index contributed by atoms with van der Waals surface area (Å²) in [6, 6.07) is 0.567. The van der Waals surface area contributed by atoms with Crippen LogP contribution in [-0.4, -0.2) is 23.8 Å². The monoisotopic (exact) mass is 159 g/mol. The zero-order valence-electron chi connectivity index (χ0n) is 8.15. The molecule has 2 N–H and O–H groups in total. The van der Waals surface area contributed by atoms with Gasteiger partial charge in [0.15, 0.2) is 0 Å². The molecule has 0 amide bonds. The van der Waals surface area contributed by atoms with Crippen LogP contribution in [0.25, 0.3) is 0 Å². The minimum atomic E-state index is -0.493. The Bertz CT molecular complexity index is 96.2. The predicted molar refractivity (Wildman–Crippen MR) is 48.7 cm³/mol. The Labute approximate surface area is 70.0 Å². The van der Waals surface area contributed by atoms with E-state index in [-0.39, 0.29) is 0 Å². The van der Waals surface area contributed by atoms with Crippen LogP contribution in [0.1, 0.15) is 40.0 Å². The van der Waals surface area contributed by atoms with Gasteiger partial charge in [0.2, 0.25) is 0 Å². The molecule has 2 heteroatoms. The summed E-state index contributed by atoms with van der Waals surface area (Å²) < 4.78 is 0. The Balaban J connectivity index is 3.28. The van der Waals surface area contributed by atoms with Crippen molar-refractivity contribution in [2.45, 2.75) is 51.7 Å². The van der Waals surface area contributed by atoms with Crippen molar-refractivity contribution >= 4 is 0 Å². The van der Waals surface area contributed by atoms with E-state index in [2.05, 4.69) is 12.2 Å². The van der Waals surface area contributed by atoms with Crippen LogP contribution in [0.3, 0.4) is 0 Å². The largest absolute Gasteiger partial charge is 0.390 e. The molecule has 0 fully saturated rings. The molecule has 0 aromatic carbocycles. The minimum absolute atomic E-state index is 0.493. The first kappa shape index (κ1) is 10.9. The summed E-state index contributed by atoms with van der Waals surface area (Å²) in [5, 5.41) is 12.6. The Kier molecular flexibility index (Phi) is 4.69. The summed E-state index contributed by atoms with van der Waals surface area (Å²) >= 11 is 0. The van der Waals surface area contributed by atoms with Gasteiger partial charge in [0.25, 0.3) is 0 Å². The molecule has 0 aliphatic heterocycles. The molecule has 0 rings (SSSR count). The fourth-order valence-electron chi connectivity index (χ4n) is 0.985. The van der Waals surface area contributed by atoms with Gasteiger partial charge < -0.3 is 10.4 Å². The second kappa shape index (κ2) is 4.73. The third-order valence-electron chi connectivity index (χ3n) is 1.92. The normalized spacial score (nSPS) is 15.0. The minimum Gasteiger partial charge on any atom is -0.390 e. The van der Waals surface area contributed by atoms with Crippen molar-refractivity contribution in [3.05, 3.63) is 0 Å². The third-order valence-corrected chi connectivity index (χ3v) is 1.92. The standard InChI is InChI=1S/C9H21NO/c1-8(10-4)6-5-7-9(2,3)11/h8,10-11H,5-7H2,1-4H3. The third kappa shape index (κ3) is 7.82. The highest BCUT2D eigenvalue weighted by molar-refractivity contribution is 4.66. The second-order valence-electron chi connectivity index (χ2n) is 3.89. The molecule has 0 aliphatic rings. The molecule has 0 heterocycles. The van der Waals surface area contributed by atoms with Crippen molar-refractivity contribution in [2.75, 3.05) is 7.05 Å². The van der Waals surface area contributed by atoms with E-state index in [4.69, 9.17) is 0 Å². The summed E-state index contributed by atoms with van der Waals surface area (Å²) in [5.74, 6) is 0. The Morgan fingerprint density at radius 1 is 1.45 bits per heavy atom. The molecule has 2 nitrogen and oxygen atoms in total. The van der Waals surface area contributed by atoms with E-state index in [0.717, 1.165) is 19.3 Å². The van der Waals surface area contributed by atoms with Gasteiger partial charge in [-0.1, -0.05) is 0 Å². The van der Waals surface area contributed by atoms with Crippen LogP contribution in [0.5, 0.6) is 0 Å². The highest BCUT2D eigenvalue weighted by Crippen LogP contribution is 2.12. The average molecular weight is 159 g/mol. The number of rotatable bonds is 5. The van der Waals surface area contributed by atoms with Crippen LogP contribution in [0.2, 0.25) is 0 Å². The lowest BCUT2D eigenvalue weighted by Crippen LogP contribution is -2.23. The fraction of sp³-hybridized carbons (Fsp3) is 1.00. The van der Waals surface area contributed by atoms with Crippen molar-refractivity contribution in [2.24, 2.45) is 0 Å². The van der Waals surface area contributed by atoms with E-state index in [9.17, 15) is 5.11 Å². The molecular formula is C9H21NO. The van der Waals surface area contributed by atoms with E-state index in [0.29, 0.717) is 6.04 Å². The molecule has 0 saturated heterocycles. The zero-order valence-corrected chi connectivity index (χ0v) is 8.15. The molecular weight excluding hydrogens is 138 g/mol. The first-order chi connectivity index (χ1) is 4.95. The highest BCUT2D eigenvalue weighted by atomic mass is 16.3. The van der Waals surface area contributed by atoms with Gasteiger partial charge in [-0.05, 0) is 47.1 Å². The van der Waals surface area contributed by atoms with Gasteiger partial charge in [-0.2, -0.15) is 0 Å². The van der Waals surface area contributed by atoms with Crippen molar-refractivity contribution in [3.8, 4) is 0 Å². The van der Waals surface area contributed by atoms with Gasteiger partial charge in [0.1, 0.15) is 0 Å². The van der Waals surface area contributed by atoms with Crippen LogP contribution >= 0.6 is 0 Å². The van der Waals surface area contributed by atoms with Crippen LogP contribution in [0, 0.1) is 0 Å². The first-order valence-corrected chi connectivity index (χ1v) is 4.35. The summed E-state index contributed by atoms with van der Waals surface area (Å²) in [6.07, 6.45) is 3.12. The second-order valence-corrected chi connectivity index (χ2v) is 3.89. The van der Waals surface area contributed by atoms with Gasteiger partial charge >= 0.3 is 0 Å². The lowest BCUT2D eigenvalue weighted by molar-refractivity contribution is 0.0676. The molecule has 11 heavy (non-hydrogen) atoms. The summed E-state index contributed by atoms with van der Waals surface area (Å²) in [7, 11) is 1.97. The van der Waals surface area contributed by atoms with Crippen molar-refractivity contribution in [3.63, 3.8) is 0 Å². The summed E-state index contributed by atoms with van der Waals surface area (Å²) in [6.45, 7) is 5.87. The van der Waals surface area contributed by atoms with Crippen LogP contribution in [0.4, 0.5) is 0 Å². The van der Waals surface area contributed by atoms with E-state index in [1.54, 1.807) is 0 Å². The maximum Gasteiger partial charge on any atom is 0.0591 e. The molecule has 0 radical (unpaired) electrons. The first-order valence-electron chi connectivity index (χ1n) is 4.35. The molecule has 0 bridgehead atoms.